The Morgan fingerprint density at radius 2 is 2.05 bits per heavy atom. The van der Waals surface area contributed by atoms with E-state index < -0.39 is 0 Å². The Morgan fingerprint density at radius 3 is 2.76 bits per heavy atom. The molecule has 0 amide bonds. The van der Waals surface area contributed by atoms with Gasteiger partial charge in [0.25, 0.3) is 0 Å². The maximum absolute atomic E-state index is 13.7. The highest BCUT2D eigenvalue weighted by Gasteiger charge is 2.25. The number of likely N-dealkylation sites (tertiary alicyclic amines) is 1. The number of benzene rings is 1. The third kappa shape index (κ3) is 3.62. The van der Waals surface area contributed by atoms with E-state index in [0.717, 1.165) is 52.2 Å². The number of hydrogen-bond donors (Lipinski definition) is 0. The first-order valence-corrected chi connectivity index (χ1v) is 8.03. The largest absolute Gasteiger partial charge is 0.379 e. The molecule has 1 atom stereocenters. The summed E-state index contributed by atoms with van der Waals surface area (Å²) in [5.74, 6) is -0.111. The average Bonchev–Trinajstić information content (AvgIpc) is 2.93. The van der Waals surface area contributed by atoms with Crippen molar-refractivity contribution in [1.82, 2.24) is 9.80 Å². The van der Waals surface area contributed by atoms with Gasteiger partial charge in [-0.2, -0.15) is 0 Å². The minimum Gasteiger partial charge on any atom is -0.379 e. The van der Waals surface area contributed by atoms with Crippen LogP contribution in [0.2, 0.25) is 0 Å². The molecule has 3 nitrogen and oxygen atoms in total. The number of morpholine rings is 1. The first kappa shape index (κ1) is 14.9. The molecule has 2 aliphatic heterocycles. The summed E-state index contributed by atoms with van der Waals surface area (Å²) in [6.07, 6.45) is 3.35. The zero-order valence-electron chi connectivity index (χ0n) is 12.9. The molecule has 0 saturated carbocycles. The Morgan fingerprint density at radius 1 is 1.24 bits per heavy atom. The van der Waals surface area contributed by atoms with Crippen LogP contribution in [0.25, 0.3) is 0 Å². The van der Waals surface area contributed by atoms with E-state index in [9.17, 15) is 4.39 Å². The van der Waals surface area contributed by atoms with Gasteiger partial charge in [0.1, 0.15) is 5.82 Å². The van der Waals surface area contributed by atoms with E-state index in [0.29, 0.717) is 6.04 Å². The fraction of sp³-hybridized carbons (Fsp3) is 0.647. The quantitative estimate of drug-likeness (QED) is 0.848. The van der Waals surface area contributed by atoms with Crippen molar-refractivity contribution in [1.29, 1.82) is 0 Å². The van der Waals surface area contributed by atoms with Crippen LogP contribution in [0.1, 0.15) is 30.0 Å². The molecule has 1 aromatic carbocycles. The molecule has 0 bridgehead atoms. The topological polar surface area (TPSA) is 15.7 Å². The summed E-state index contributed by atoms with van der Waals surface area (Å²) in [5.41, 5.74) is 2.50. The van der Waals surface area contributed by atoms with Gasteiger partial charge in [-0.3, -0.25) is 9.80 Å². The minimum atomic E-state index is -0.111. The third-order valence-corrected chi connectivity index (χ3v) is 4.79. The second kappa shape index (κ2) is 6.86. The van der Waals surface area contributed by atoms with E-state index in [-0.39, 0.29) is 5.82 Å². The van der Waals surface area contributed by atoms with Crippen LogP contribution in [0.5, 0.6) is 0 Å². The predicted molar refractivity (Wildman–Crippen MR) is 82.0 cm³/mol. The molecule has 1 unspecified atom stereocenters. The van der Waals surface area contributed by atoms with Crippen LogP contribution in [0.3, 0.4) is 0 Å². The van der Waals surface area contributed by atoms with Gasteiger partial charge in [-0.15, -0.1) is 0 Å². The Balaban J connectivity index is 1.71. The maximum atomic E-state index is 13.7. The van der Waals surface area contributed by atoms with Crippen LogP contribution in [0.15, 0.2) is 18.2 Å². The smallest absolute Gasteiger partial charge is 0.123 e. The van der Waals surface area contributed by atoms with Crippen molar-refractivity contribution in [2.75, 3.05) is 46.4 Å². The van der Waals surface area contributed by atoms with Crippen molar-refractivity contribution >= 4 is 0 Å². The Hall–Kier alpha value is -0.970. The minimum absolute atomic E-state index is 0.111. The van der Waals surface area contributed by atoms with Crippen LogP contribution >= 0.6 is 0 Å². The molecule has 2 fully saturated rings. The van der Waals surface area contributed by atoms with Crippen LogP contribution in [-0.4, -0.2) is 56.2 Å². The molecule has 0 aromatic heterocycles. The van der Waals surface area contributed by atoms with Crippen LogP contribution in [-0.2, 0) is 11.2 Å². The lowest BCUT2D eigenvalue weighted by atomic mass is 9.96. The van der Waals surface area contributed by atoms with E-state index in [1.165, 1.54) is 17.5 Å². The molecule has 2 saturated heterocycles. The summed E-state index contributed by atoms with van der Waals surface area (Å²) in [4.78, 5) is 4.79. The van der Waals surface area contributed by atoms with Gasteiger partial charge in [0.05, 0.1) is 13.2 Å². The molecule has 2 aliphatic rings. The number of nitrogens with zero attached hydrogens (tertiary/aromatic N) is 2. The Kier molecular flexibility index (Phi) is 4.88. The summed E-state index contributed by atoms with van der Waals surface area (Å²) in [6.45, 7) is 5.85. The first-order valence-electron chi connectivity index (χ1n) is 8.03. The molecule has 3 rings (SSSR count). The van der Waals surface area contributed by atoms with Crippen molar-refractivity contribution in [3.05, 3.63) is 35.1 Å². The molecule has 4 heteroatoms. The number of rotatable bonds is 4. The van der Waals surface area contributed by atoms with E-state index >= 15 is 0 Å². The van der Waals surface area contributed by atoms with Crippen LogP contribution in [0.4, 0.5) is 4.39 Å². The maximum Gasteiger partial charge on any atom is 0.123 e. The first-order chi connectivity index (χ1) is 10.2. The summed E-state index contributed by atoms with van der Waals surface area (Å²) in [7, 11) is 2.15. The molecule has 0 N–H and O–H groups in total. The Labute approximate surface area is 126 Å². The van der Waals surface area contributed by atoms with Gasteiger partial charge in [-0.05, 0) is 56.1 Å². The lowest BCUT2D eigenvalue weighted by Crippen LogP contribution is -2.37. The average molecular weight is 292 g/mol. The van der Waals surface area contributed by atoms with Crippen LogP contribution in [0, 0.1) is 5.82 Å². The van der Waals surface area contributed by atoms with Gasteiger partial charge in [0, 0.05) is 25.7 Å². The summed E-state index contributed by atoms with van der Waals surface area (Å²) < 4.78 is 19.1. The van der Waals surface area contributed by atoms with Gasteiger partial charge in [-0.25, -0.2) is 4.39 Å². The van der Waals surface area contributed by atoms with E-state index in [1.54, 1.807) is 12.1 Å². The Bertz CT molecular complexity index is 474. The normalized spacial score (nSPS) is 24.6. The second-order valence-electron chi connectivity index (χ2n) is 6.19. The van der Waals surface area contributed by atoms with Crippen molar-refractivity contribution in [2.45, 2.75) is 25.3 Å². The molecule has 116 valence electrons. The SMILES string of the molecule is CN1CCCC1c1cc(F)ccc1CCN1CCOCC1. The molecule has 0 spiro atoms. The van der Waals surface area contributed by atoms with E-state index in [4.69, 9.17) is 4.74 Å². The molecular weight excluding hydrogens is 267 g/mol. The predicted octanol–water partition coefficient (Wildman–Crippen LogP) is 2.47. The summed E-state index contributed by atoms with van der Waals surface area (Å²) in [6, 6.07) is 5.73. The number of hydrogen-bond acceptors (Lipinski definition) is 3. The summed E-state index contributed by atoms with van der Waals surface area (Å²) in [5, 5.41) is 0. The molecule has 0 radical (unpaired) electrons. The van der Waals surface area contributed by atoms with E-state index in [2.05, 4.69) is 16.8 Å². The van der Waals surface area contributed by atoms with Gasteiger partial charge in [0.15, 0.2) is 0 Å². The molecule has 21 heavy (non-hydrogen) atoms. The zero-order valence-corrected chi connectivity index (χ0v) is 12.9. The highest BCUT2D eigenvalue weighted by atomic mass is 19.1. The molecule has 2 heterocycles. The van der Waals surface area contributed by atoms with Gasteiger partial charge in [0.2, 0.25) is 0 Å². The lowest BCUT2D eigenvalue weighted by molar-refractivity contribution is 0.0384. The van der Waals surface area contributed by atoms with Crippen LogP contribution < -0.4 is 0 Å². The highest BCUT2D eigenvalue weighted by molar-refractivity contribution is 5.32. The van der Waals surface area contributed by atoms with E-state index in [1.807, 2.05) is 6.07 Å². The number of ether oxygens (including phenoxy) is 1. The van der Waals surface area contributed by atoms with Crippen molar-refractivity contribution in [3.8, 4) is 0 Å². The number of halogens is 1. The van der Waals surface area contributed by atoms with Gasteiger partial charge < -0.3 is 4.74 Å². The second-order valence-corrected chi connectivity index (χ2v) is 6.19. The fourth-order valence-electron chi connectivity index (χ4n) is 3.51. The molecule has 1 aromatic rings. The van der Waals surface area contributed by atoms with Gasteiger partial charge in [-0.1, -0.05) is 6.07 Å². The van der Waals surface area contributed by atoms with Crippen molar-refractivity contribution in [3.63, 3.8) is 0 Å². The molecule has 0 aliphatic carbocycles. The third-order valence-electron chi connectivity index (χ3n) is 4.79. The zero-order chi connectivity index (χ0) is 14.7. The fourth-order valence-corrected chi connectivity index (χ4v) is 3.51. The standard InChI is InChI=1S/C17H25FN2O/c1-19-7-2-3-17(19)16-13-15(18)5-4-14(16)6-8-20-9-11-21-12-10-20/h4-5,13,17H,2-3,6-12H2,1H3. The van der Waals surface area contributed by atoms with Gasteiger partial charge >= 0.3 is 0 Å². The monoisotopic (exact) mass is 292 g/mol. The summed E-state index contributed by atoms with van der Waals surface area (Å²) >= 11 is 0. The highest BCUT2D eigenvalue weighted by Crippen LogP contribution is 2.33. The van der Waals surface area contributed by atoms with Crippen molar-refractivity contribution in [2.24, 2.45) is 0 Å². The lowest BCUT2D eigenvalue weighted by Gasteiger charge is -2.28. The molecular formula is C17H25FN2O. The van der Waals surface area contributed by atoms with Crippen molar-refractivity contribution < 1.29 is 9.13 Å².